The summed E-state index contributed by atoms with van der Waals surface area (Å²) in [6.45, 7) is 5.92. The molecular weight excluding hydrogens is 252 g/mol. The fourth-order valence-corrected chi connectivity index (χ4v) is 1.55. The molecule has 0 spiro atoms. The molecule has 1 aromatic rings. The Morgan fingerprint density at radius 1 is 1.39 bits per heavy atom. The van der Waals surface area contributed by atoms with E-state index >= 15 is 0 Å². The third-order valence-electron chi connectivity index (χ3n) is 2.72. The summed E-state index contributed by atoms with van der Waals surface area (Å²) in [5, 5.41) is 19.0. The fraction of sp³-hybridized carbons (Fsp3) is 0.462. The number of ether oxygens (including phenoxy) is 1. The fourth-order valence-electron chi connectivity index (χ4n) is 1.55. The standard InChI is InChI=1S/C13H18N2O2.ClH/c1-13(2,3)12(15)9-5-8(7-14)6-10(17-4)11(9)16;/h5-6,12,16H,15H2,1-4H3;1H/t12-;/m1./s1. The van der Waals surface area contributed by atoms with Crippen LogP contribution in [0.1, 0.15) is 37.9 Å². The van der Waals surface area contributed by atoms with Gasteiger partial charge in [0.1, 0.15) is 0 Å². The van der Waals surface area contributed by atoms with Crippen LogP contribution in [0.5, 0.6) is 11.5 Å². The molecule has 0 saturated heterocycles. The van der Waals surface area contributed by atoms with Crippen molar-refractivity contribution < 1.29 is 9.84 Å². The number of nitrogens with zero attached hydrogens (tertiary/aromatic N) is 1. The minimum absolute atomic E-state index is 0. The molecule has 0 saturated carbocycles. The minimum atomic E-state index is -0.371. The number of rotatable bonds is 2. The summed E-state index contributed by atoms with van der Waals surface area (Å²) in [4.78, 5) is 0. The summed E-state index contributed by atoms with van der Waals surface area (Å²) in [6.07, 6.45) is 0. The number of benzene rings is 1. The van der Waals surface area contributed by atoms with Crippen molar-refractivity contribution in [2.24, 2.45) is 11.1 Å². The summed E-state index contributed by atoms with van der Waals surface area (Å²) in [5.41, 5.74) is 6.84. The van der Waals surface area contributed by atoms with Gasteiger partial charge in [0.15, 0.2) is 11.5 Å². The zero-order valence-electron chi connectivity index (χ0n) is 11.0. The van der Waals surface area contributed by atoms with E-state index in [-0.39, 0.29) is 35.4 Å². The number of phenols is 1. The van der Waals surface area contributed by atoms with Gasteiger partial charge in [0, 0.05) is 17.7 Å². The maximum Gasteiger partial charge on any atom is 0.162 e. The third kappa shape index (κ3) is 3.28. The van der Waals surface area contributed by atoms with E-state index in [1.54, 1.807) is 6.07 Å². The molecule has 0 amide bonds. The molecule has 0 unspecified atom stereocenters. The normalized spacial score (nSPS) is 12.2. The van der Waals surface area contributed by atoms with Crippen LogP contribution in [-0.4, -0.2) is 12.2 Å². The van der Waals surface area contributed by atoms with Crippen LogP contribution < -0.4 is 10.5 Å². The molecule has 0 radical (unpaired) electrons. The smallest absolute Gasteiger partial charge is 0.162 e. The largest absolute Gasteiger partial charge is 0.504 e. The molecule has 0 aliphatic carbocycles. The van der Waals surface area contributed by atoms with Gasteiger partial charge in [-0.2, -0.15) is 5.26 Å². The van der Waals surface area contributed by atoms with Gasteiger partial charge in [-0.25, -0.2) is 0 Å². The van der Waals surface area contributed by atoms with Gasteiger partial charge >= 0.3 is 0 Å². The van der Waals surface area contributed by atoms with Gasteiger partial charge < -0.3 is 15.6 Å². The van der Waals surface area contributed by atoms with Crippen molar-refractivity contribution in [1.82, 2.24) is 0 Å². The number of nitrogens with two attached hydrogens (primary N) is 1. The highest BCUT2D eigenvalue weighted by Crippen LogP contribution is 2.40. The van der Waals surface area contributed by atoms with Crippen LogP contribution in [0.15, 0.2) is 12.1 Å². The highest BCUT2D eigenvalue weighted by Gasteiger charge is 2.26. The summed E-state index contributed by atoms with van der Waals surface area (Å²) in [7, 11) is 1.45. The van der Waals surface area contributed by atoms with Gasteiger partial charge in [0.2, 0.25) is 0 Å². The van der Waals surface area contributed by atoms with Crippen LogP contribution in [-0.2, 0) is 0 Å². The van der Waals surface area contributed by atoms with Crippen molar-refractivity contribution >= 4 is 12.4 Å². The van der Waals surface area contributed by atoms with Crippen molar-refractivity contribution in [3.63, 3.8) is 0 Å². The molecule has 4 nitrogen and oxygen atoms in total. The van der Waals surface area contributed by atoms with Gasteiger partial charge in [0.05, 0.1) is 18.7 Å². The number of phenolic OH excluding ortho intramolecular Hbond substituents is 1. The summed E-state index contributed by atoms with van der Waals surface area (Å²) in [6, 6.07) is 4.76. The Kier molecular flexibility index (Phi) is 5.47. The molecule has 0 aliphatic heterocycles. The van der Waals surface area contributed by atoms with Gasteiger partial charge in [-0.15, -0.1) is 12.4 Å². The molecule has 0 bridgehead atoms. The van der Waals surface area contributed by atoms with Crippen molar-refractivity contribution in [2.45, 2.75) is 26.8 Å². The average molecular weight is 271 g/mol. The molecule has 1 atom stereocenters. The molecule has 3 N–H and O–H groups in total. The Morgan fingerprint density at radius 2 is 1.94 bits per heavy atom. The second-order valence-corrected chi connectivity index (χ2v) is 5.07. The van der Waals surface area contributed by atoms with Crippen LogP contribution in [0.4, 0.5) is 0 Å². The quantitative estimate of drug-likeness (QED) is 0.866. The van der Waals surface area contributed by atoms with E-state index in [4.69, 9.17) is 15.7 Å². The second kappa shape index (κ2) is 5.94. The average Bonchev–Trinajstić information content (AvgIpc) is 2.27. The number of nitriles is 1. The number of hydrogen-bond acceptors (Lipinski definition) is 4. The zero-order chi connectivity index (χ0) is 13.2. The molecule has 18 heavy (non-hydrogen) atoms. The lowest BCUT2D eigenvalue weighted by molar-refractivity contribution is 0.310. The molecule has 5 heteroatoms. The van der Waals surface area contributed by atoms with E-state index < -0.39 is 0 Å². The lowest BCUT2D eigenvalue weighted by atomic mass is 9.82. The third-order valence-corrected chi connectivity index (χ3v) is 2.72. The predicted molar refractivity (Wildman–Crippen MR) is 73.0 cm³/mol. The number of hydrogen-bond donors (Lipinski definition) is 2. The molecule has 100 valence electrons. The summed E-state index contributed by atoms with van der Waals surface area (Å²) in [5.74, 6) is 0.285. The van der Waals surface area contributed by atoms with Crippen LogP contribution >= 0.6 is 12.4 Å². The molecular formula is C13H19ClN2O2. The minimum Gasteiger partial charge on any atom is -0.504 e. The lowest BCUT2D eigenvalue weighted by Crippen LogP contribution is -2.26. The van der Waals surface area contributed by atoms with Crippen molar-refractivity contribution in [1.29, 1.82) is 5.26 Å². The van der Waals surface area contributed by atoms with Gasteiger partial charge in [-0.1, -0.05) is 20.8 Å². The highest BCUT2D eigenvalue weighted by atomic mass is 35.5. The topological polar surface area (TPSA) is 79.3 Å². The van der Waals surface area contributed by atoms with E-state index in [0.717, 1.165) is 0 Å². The number of halogens is 1. The Hall–Kier alpha value is -1.44. The summed E-state index contributed by atoms with van der Waals surface area (Å²) < 4.78 is 5.03. The van der Waals surface area contributed by atoms with E-state index in [9.17, 15) is 5.11 Å². The van der Waals surface area contributed by atoms with E-state index in [1.165, 1.54) is 13.2 Å². The van der Waals surface area contributed by atoms with Gasteiger partial charge in [-0.05, 0) is 11.5 Å². The zero-order valence-corrected chi connectivity index (χ0v) is 11.8. The number of aromatic hydroxyl groups is 1. The van der Waals surface area contributed by atoms with Crippen LogP contribution in [0.3, 0.4) is 0 Å². The van der Waals surface area contributed by atoms with Crippen LogP contribution in [0.25, 0.3) is 0 Å². The van der Waals surface area contributed by atoms with Crippen LogP contribution in [0, 0.1) is 16.7 Å². The summed E-state index contributed by atoms with van der Waals surface area (Å²) >= 11 is 0. The Labute approximate surface area is 114 Å². The van der Waals surface area contributed by atoms with Crippen molar-refractivity contribution in [3.8, 4) is 17.6 Å². The second-order valence-electron chi connectivity index (χ2n) is 5.07. The molecule has 0 aliphatic rings. The molecule has 1 rings (SSSR count). The Balaban J connectivity index is 0.00000289. The van der Waals surface area contributed by atoms with E-state index in [0.29, 0.717) is 11.1 Å². The molecule has 0 fully saturated rings. The first-order valence-electron chi connectivity index (χ1n) is 5.37. The first kappa shape index (κ1) is 16.6. The predicted octanol–water partition coefficient (Wildman–Crippen LogP) is 2.74. The van der Waals surface area contributed by atoms with E-state index in [1.807, 2.05) is 26.8 Å². The Bertz CT molecular complexity index is 461. The van der Waals surface area contributed by atoms with Gasteiger partial charge in [0.25, 0.3) is 0 Å². The van der Waals surface area contributed by atoms with Crippen LogP contribution in [0.2, 0.25) is 0 Å². The molecule has 0 aromatic heterocycles. The SMILES string of the molecule is COc1cc(C#N)cc([C@@H](N)C(C)(C)C)c1O.Cl. The first-order chi connectivity index (χ1) is 7.81. The first-order valence-corrected chi connectivity index (χ1v) is 5.37. The van der Waals surface area contributed by atoms with Gasteiger partial charge in [-0.3, -0.25) is 0 Å². The van der Waals surface area contributed by atoms with E-state index in [2.05, 4.69) is 0 Å². The Morgan fingerprint density at radius 3 is 2.33 bits per heavy atom. The lowest BCUT2D eigenvalue weighted by Gasteiger charge is -2.28. The maximum absolute atomic E-state index is 10.0. The molecule has 1 aromatic carbocycles. The van der Waals surface area contributed by atoms with Crippen molar-refractivity contribution in [2.75, 3.05) is 7.11 Å². The molecule has 0 heterocycles. The number of methoxy groups -OCH3 is 1. The monoisotopic (exact) mass is 270 g/mol. The highest BCUT2D eigenvalue weighted by molar-refractivity contribution is 5.85. The maximum atomic E-state index is 10.0. The van der Waals surface area contributed by atoms with Crippen molar-refractivity contribution in [3.05, 3.63) is 23.3 Å².